The third kappa shape index (κ3) is 10.9. The van der Waals surface area contributed by atoms with E-state index < -0.39 is 8.80 Å². The molecular formula is C16H32O7Si. The van der Waals surface area contributed by atoms with Gasteiger partial charge >= 0.3 is 14.8 Å². The van der Waals surface area contributed by atoms with Crippen LogP contribution in [0.5, 0.6) is 0 Å². The van der Waals surface area contributed by atoms with E-state index in [1.54, 1.807) is 28.3 Å². The second-order valence-corrected chi connectivity index (χ2v) is 8.44. The van der Waals surface area contributed by atoms with Crippen molar-refractivity contribution < 1.29 is 32.3 Å². The molecule has 0 aromatic heterocycles. The molecule has 1 saturated heterocycles. The molecule has 8 heteroatoms. The number of hydrogen-bond acceptors (Lipinski definition) is 7. The van der Waals surface area contributed by atoms with Crippen LogP contribution in [-0.2, 0) is 32.3 Å². The number of esters is 1. The summed E-state index contributed by atoms with van der Waals surface area (Å²) in [6.07, 6.45) is 2.18. The van der Waals surface area contributed by atoms with Crippen molar-refractivity contribution in [2.45, 2.75) is 38.8 Å². The fourth-order valence-electron chi connectivity index (χ4n) is 1.66. The van der Waals surface area contributed by atoms with Crippen molar-refractivity contribution in [3.63, 3.8) is 0 Å². The number of hydrogen-bond donors (Lipinski definition) is 0. The second-order valence-electron chi connectivity index (χ2n) is 5.35. The lowest BCUT2D eigenvalue weighted by molar-refractivity contribution is -0.139. The van der Waals surface area contributed by atoms with Crippen LogP contribution in [0.25, 0.3) is 0 Å². The fraction of sp³-hybridized carbons (Fsp3) is 0.812. The van der Waals surface area contributed by atoms with Crippen molar-refractivity contribution in [2.75, 3.05) is 47.8 Å². The SMILES string of the molecule is C=C(C)C(=O)OCCC[Si](OC)(OC)OC.CCCOCC1CO1. The van der Waals surface area contributed by atoms with Crippen LogP contribution in [0, 0.1) is 0 Å². The maximum absolute atomic E-state index is 11.1. The monoisotopic (exact) mass is 364 g/mol. The Morgan fingerprint density at radius 2 is 1.79 bits per heavy atom. The Morgan fingerprint density at radius 1 is 1.21 bits per heavy atom. The minimum atomic E-state index is -2.53. The van der Waals surface area contributed by atoms with Crippen LogP contribution in [0.2, 0.25) is 6.04 Å². The average Bonchev–Trinajstić information content (AvgIpc) is 3.40. The minimum absolute atomic E-state index is 0.316. The van der Waals surface area contributed by atoms with Crippen LogP contribution in [0.3, 0.4) is 0 Å². The highest BCUT2D eigenvalue weighted by Gasteiger charge is 2.36. The van der Waals surface area contributed by atoms with Crippen LogP contribution in [0.15, 0.2) is 12.2 Å². The zero-order valence-corrected chi connectivity index (χ0v) is 16.6. The van der Waals surface area contributed by atoms with Gasteiger partial charge in [0.25, 0.3) is 0 Å². The summed E-state index contributed by atoms with van der Waals surface area (Å²) >= 11 is 0. The normalized spacial score (nSPS) is 16.1. The van der Waals surface area contributed by atoms with Crippen molar-refractivity contribution in [2.24, 2.45) is 0 Å². The van der Waals surface area contributed by atoms with Crippen molar-refractivity contribution in [3.05, 3.63) is 12.2 Å². The fourth-order valence-corrected chi connectivity index (χ4v) is 3.35. The van der Waals surface area contributed by atoms with Gasteiger partial charge in [0.05, 0.1) is 19.8 Å². The number of ether oxygens (including phenoxy) is 3. The number of rotatable bonds is 12. The molecule has 0 saturated carbocycles. The molecule has 1 atom stereocenters. The van der Waals surface area contributed by atoms with Gasteiger partial charge in [0.2, 0.25) is 0 Å². The quantitative estimate of drug-likeness (QED) is 0.173. The third-order valence-corrected chi connectivity index (χ3v) is 6.03. The highest BCUT2D eigenvalue weighted by molar-refractivity contribution is 6.60. The largest absolute Gasteiger partial charge is 0.500 e. The molecule has 0 aromatic rings. The van der Waals surface area contributed by atoms with Crippen LogP contribution < -0.4 is 0 Å². The molecule has 1 heterocycles. The summed E-state index contributed by atoms with van der Waals surface area (Å²) < 4.78 is 30.7. The predicted molar refractivity (Wildman–Crippen MR) is 92.8 cm³/mol. The molecule has 142 valence electrons. The zero-order chi connectivity index (χ0) is 18.4. The molecule has 0 aliphatic carbocycles. The van der Waals surface area contributed by atoms with E-state index in [0.29, 0.717) is 30.7 Å². The molecular weight excluding hydrogens is 332 g/mol. The van der Waals surface area contributed by atoms with E-state index in [2.05, 4.69) is 13.5 Å². The van der Waals surface area contributed by atoms with Gasteiger partial charge in [-0.15, -0.1) is 0 Å². The second kappa shape index (κ2) is 13.5. The van der Waals surface area contributed by atoms with Crippen LogP contribution >= 0.6 is 0 Å². The standard InChI is InChI=1S/C10H20O5Si.C6H12O2/c1-9(2)10(11)15-7-6-8-16(12-3,13-4)14-5;1-2-3-7-4-6-5-8-6/h1,6-8H2,2-5H3;6H,2-5H2,1H3. The Hall–Kier alpha value is -0.773. The van der Waals surface area contributed by atoms with Crippen molar-refractivity contribution in [3.8, 4) is 0 Å². The molecule has 24 heavy (non-hydrogen) atoms. The topological polar surface area (TPSA) is 75.8 Å². The summed E-state index contributed by atoms with van der Waals surface area (Å²) in [6.45, 7) is 10.1. The minimum Gasteiger partial charge on any atom is -0.462 e. The molecule has 1 rings (SSSR count). The van der Waals surface area contributed by atoms with Crippen molar-refractivity contribution in [1.82, 2.24) is 0 Å². The summed E-state index contributed by atoms with van der Waals surface area (Å²) in [7, 11) is 2.13. The molecule has 0 N–H and O–H groups in total. The van der Waals surface area contributed by atoms with Gasteiger partial charge in [-0.3, -0.25) is 0 Å². The van der Waals surface area contributed by atoms with Gasteiger partial charge in [-0.05, 0) is 19.8 Å². The zero-order valence-electron chi connectivity index (χ0n) is 15.6. The van der Waals surface area contributed by atoms with Gasteiger partial charge in [-0.25, -0.2) is 4.79 Å². The molecule has 1 unspecified atom stereocenters. The van der Waals surface area contributed by atoms with Gasteiger partial charge in [0.1, 0.15) is 6.10 Å². The van der Waals surface area contributed by atoms with E-state index in [4.69, 9.17) is 27.5 Å². The van der Waals surface area contributed by atoms with Crippen LogP contribution in [0.1, 0.15) is 26.7 Å². The Balaban J connectivity index is 0.000000546. The molecule has 0 spiro atoms. The van der Waals surface area contributed by atoms with Crippen molar-refractivity contribution >= 4 is 14.8 Å². The van der Waals surface area contributed by atoms with Gasteiger partial charge in [0, 0.05) is 39.6 Å². The first-order valence-electron chi connectivity index (χ1n) is 8.12. The molecule has 0 aromatic carbocycles. The van der Waals surface area contributed by atoms with E-state index in [-0.39, 0.29) is 5.97 Å². The molecule has 0 amide bonds. The third-order valence-electron chi connectivity index (χ3n) is 3.20. The van der Waals surface area contributed by atoms with Crippen LogP contribution in [-0.4, -0.2) is 68.6 Å². The lowest BCUT2D eigenvalue weighted by Crippen LogP contribution is -2.42. The summed E-state index contributed by atoms with van der Waals surface area (Å²) in [6, 6.07) is 0.611. The van der Waals surface area contributed by atoms with E-state index in [0.717, 1.165) is 26.2 Å². The Kier molecular flexibility index (Phi) is 13.1. The van der Waals surface area contributed by atoms with Gasteiger partial charge in [0.15, 0.2) is 0 Å². The lowest BCUT2D eigenvalue weighted by Gasteiger charge is -2.24. The van der Waals surface area contributed by atoms with E-state index >= 15 is 0 Å². The van der Waals surface area contributed by atoms with E-state index in [1.165, 1.54) is 0 Å². The van der Waals surface area contributed by atoms with Gasteiger partial charge < -0.3 is 27.5 Å². The number of carbonyl (C=O) groups excluding carboxylic acids is 1. The van der Waals surface area contributed by atoms with Gasteiger partial charge in [-0.1, -0.05) is 13.5 Å². The Labute approximate surface area is 146 Å². The molecule has 7 nitrogen and oxygen atoms in total. The molecule has 1 aliphatic heterocycles. The van der Waals surface area contributed by atoms with Crippen molar-refractivity contribution in [1.29, 1.82) is 0 Å². The molecule has 1 aliphatic rings. The smallest absolute Gasteiger partial charge is 0.462 e. The first kappa shape index (κ1) is 23.2. The highest BCUT2D eigenvalue weighted by atomic mass is 28.4. The van der Waals surface area contributed by atoms with Gasteiger partial charge in [-0.2, -0.15) is 0 Å². The Bertz CT molecular complexity index is 346. The van der Waals surface area contributed by atoms with E-state index in [1.807, 2.05) is 0 Å². The highest BCUT2D eigenvalue weighted by Crippen LogP contribution is 2.15. The first-order valence-corrected chi connectivity index (χ1v) is 10.0. The predicted octanol–water partition coefficient (Wildman–Crippen LogP) is 2.19. The lowest BCUT2D eigenvalue weighted by atomic mass is 10.4. The number of epoxide rings is 1. The average molecular weight is 365 g/mol. The van der Waals surface area contributed by atoms with E-state index in [9.17, 15) is 4.79 Å². The molecule has 0 radical (unpaired) electrons. The Morgan fingerprint density at radius 3 is 2.21 bits per heavy atom. The maximum Gasteiger partial charge on any atom is 0.500 e. The summed E-state index contributed by atoms with van der Waals surface area (Å²) in [4.78, 5) is 11.1. The molecule has 1 fully saturated rings. The summed E-state index contributed by atoms with van der Waals surface area (Å²) in [5.74, 6) is -0.375. The summed E-state index contributed by atoms with van der Waals surface area (Å²) in [5.41, 5.74) is 0.397. The first-order chi connectivity index (χ1) is 11.4. The molecule has 0 bridgehead atoms. The summed E-state index contributed by atoms with van der Waals surface area (Å²) in [5, 5.41) is 0. The number of carbonyl (C=O) groups is 1. The van der Waals surface area contributed by atoms with Crippen LogP contribution in [0.4, 0.5) is 0 Å². The maximum atomic E-state index is 11.1.